The lowest BCUT2D eigenvalue weighted by atomic mass is 9.97. The molecule has 3 heteroatoms. The smallest absolute Gasteiger partial charge is 0.138 e. The van der Waals surface area contributed by atoms with Gasteiger partial charge in [0.25, 0.3) is 0 Å². The Bertz CT molecular complexity index is 467. The number of ether oxygens (including phenoxy) is 1. The molecule has 1 aliphatic rings. The molecule has 1 aliphatic carbocycles. The van der Waals surface area contributed by atoms with Crippen LogP contribution in [0.15, 0.2) is 18.2 Å². The molecule has 19 heavy (non-hydrogen) atoms. The third-order valence-electron chi connectivity index (χ3n) is 3.25. The summed E-state index contributed by atoms with van der Waals surface area (Å²) in [7, 11) is 0. The van der Waals surface area contributed by atoms with E-state index in [2.05, 4.69) is 11.8 Å². The van der Waals surface area contributed by atoms with Crippen LogP contribution in [0.1, 0.15) is 44.1 Å². The lowest BCUT2D eigenvalue weighted by Gasteiger charge is -2.23. The van der Waals surface area contributed by atoms with Crippen LogP contribution in [-0.4, -0.2) is 17.8 Å². The van der Waals surface area contributed by atoms with Gasteiger partial charge in [-0.2, -0.15) is 0 Å². The van der Waals surface area contributed by atoms with Gasteiger partial charge in [0.05, 0.1) is 18.3 Å². The third-order valence-corrected chi connectivity index (χ3v) is 3.25. The molecule has 0 saturated heterocycles. The molecule has 0 atom stereocenters. The van der Waals surface area contributed by atoms with Crippen molar-refractivity contribution in [1.29, 1.82) is 0 Å². The Morgan fingerprint density at radius 1 is 1.26 bits per heavy atom. The molecule has 1 fully saturated rings. The SMILES string of the molecule is OCCC#Cc1ccc(F)cc1OC1CCCCC1. The van der Waals surface area contributed by atoms with Crippen molar-refractivity contribution in [3.63, 3.8) is 0 Å². The maximum absolute atomic E-state index is 13.3. The Labute approximate surface area is 113 Å². The van der Waals surface area contributed by atoms with Gasteiger partial charge < -0.3 is 9.84 Å². The lowest BCUT2D eigenvalue weighted by Crippen LogP contribution is -2.20. The minimum atomic E-state index is -0.307. The fourth-order valence-corrected chi connectivity index (χ4v) is 2.27. The molecule has 2 nitrogen and oxygen atoms in total. The molecular formula is C16H19FO2. The van der Waals surface area contributed by atoms with Gasteiger partial charge in [0.15, 0.2) is 0 Å². The predicted octanol–water partition coefficient (Wildman–Crippen LogP) is 3.27. The van der Waals surface area contributed by atoms with E-state index in [0.717, 1.165) is 12.8 Å². The number of benzene rings is 1. The highest BCUT2D eigenvalue weighted by Crippen LogP contribution is 2.26. The van der Waals surface area contributed by atoms with E-state index < -0.39 is 0 Å². The molecule has 0 heterocycles. The summed E-state index contributed by atoms with van der Waals surface area (Å²) in [5.74, 6) is 5.99. The highest BCUT2D eigenvalue weighted by atomic mass is 19.1. The first-order valence-electron chi connectivity index (χ1n) is 6.85. The number of rotatable bonds is 3. The molecule has 0 amide bonds. The van der Waals surface area contributed by atoms with Crippen LogP contribution in [0, 0.1) is 17.7 Å². The zero-order valence-corrected chi connectivity index (χ0v) is 11.0. The molecule has 0 radical (unpaired) electrons. The van der Waals surface area contributed by atoms with Crippen LogP contribution < -0.4 is 4.74 Å². The average molecular weight is 262 g/mol. The van der Waals surface area contributed by atoms with Crippen LogP contribution in [0.4, 0.5) is 4.39 Å². The Morgan fingerprint density at radius 3 is 2.79 bits per heavy atom. The first-order valence-corrected chi connectivity index (χ1v) is 6.85. The summed E-state index contributed by atoms with van der Waals surface area (Å²) in [5, 5.41) is 8.72. The fourth-order valence-electron chi connectivity index (χ4n) is 2.27. The zero-order chi connectivity index (χ0) is 13.5. The molecule has 1 aromatic rings. The summed E-state index contributed by atoms with van der Waals surface area (Å²) >= 11 is 0. The second-order valence-electron chi connectivity index (χ2n) is 4.79. The van der Waals surface area contributed by atoms with Gasteiger partial charge in [0.2, 0.25) is 0 Å². The van der Waals surface area contributed by atoms with Crippen molar-refractivity contribution < 1.29 is 14.2 Å². The van der Waals surface area contributed by atoms with Crippen molar-refractivity contribution >= 4 is 0 Å². The number of aliphatic hydroxyl groups is 1. The van der Waals surface area contributed by atoms with E-state index in [9.17, 15) is 4.39 Å². The Kier molecular flexibility index (Phi) is 5.23. The van der Waals surface area contributed by atoms with Crippen LogP contribution in [-0.2, 0) is 0 Å². The molecule has 0 bridgehead atoms. The van der Waals surface area contributed by atoms with E-state index in [1.807, 2.05) is 0 Å². The van der Waals surface area contributed by atoms with Crippen LogP contribution in [0.5, 0.6) is 5.75 Å². The summed E-state index contributed by atoms with van der Waals surface area (Å²) in [6, 6.07) is 4.42. The van der Waals surface area contributed by atoms with Crippen LogP contribution in [0.25, 0.3) is 0 Å². The summed E-state index contributed by atoms with van der Waals surface area (Å²) in [6.45, 7) is 0.0347. The van der Waals surface area contributed by atoms with Crippen molar-refractivity contribution in [2.24, 2.45) is 0 Å². The van der Waals surface area contributed by atoms with Gasteiger partial charge in [-0.3, -0.25) is 0 Å². The maximum Gasteiger partial charge on any atom is 0.138 e. The van der Waals surface area contributed by atoms with Gasteiger partial charge in [-0.05, 0) is 37.8 Å². The van der Waals surface area contributed by atoms with E-state index in [1.54, 1.807) is 6.07 Å². The molecule has 0 unspecified atom stereocenters. The summed E-state index contributed by atoms with van der Waals surface area (Å²) < 4.78 is 19.2. The number of halogens is 1. The Morgan fingerprint density at radius 2 is 2.05 bits per heavy atom. The molecule has 0 aromatic heterocycles. The largest absolute Gasteiger partial charge is 0.489 e. The first-order chi connectivity index (χ1) is 9.29. The van der Waals surface area contributed by atoms with Crippen LogP contribution in [0.3, 0.4) is 0 Å². The maximum atomic E-state index is 13.3. The number of aliphatic hydroxyl groups excluding tert-OH is 1. The normalized spacial score (nSPS) is 15.7. The quantitative estimate of drug-likeness (QED) is 0.847. The summed E-state index contributed by atoms with van der Waals surface area (Å²) in [6.07, 6.45) is 6.25. The van der Waals surface area contributed by atoms with Crippen molar-refractivity contribution in [1.82, 2.24) is 0 Å². The fraction of sp³-hybridized carbons (Fsp3) is 0.500. The second-order valence-corrected chi connectivity index (χ2v) is 4.79. The summed E-state index contributed by atoms with van der Waals surface area (Å²) in [4.78, 5) is 0. The molecule has 1 N–H and O–H groups in total. The molecule has 0 aliphatic heterocycles. The van der Waals surface area contributed by atoms with E-state index >= 15 is 0 Å². The van der Waals surface area contributed by atoms with Crippen LogP contribution >= 0.6 is 0 Å². The minimum absolute atomic E-state index is 0.0347. The van der Waals surface area contributed by atoms with Crippen molar-refractivity contribution in [2.75, 3.05) is 6.61 Å². The monoisotopic (exact) mass is 262 g/mol. The molecule has 1 saturated carbocycles. The lowest BCUT2D eigenvalue weighted by molar-refractivity contribution is 0.154. The van der Waals surface area contributed by atoms with Crippen molar-refractivity contribution in [3.8, 4) is 17.6 Å². The predicted molar refractivity (Wildman–Crippen MR) is 72.5 cm³/mol. The molecule has 0 spiro atoms. The highest BCUT2D eigenvalue weighted by Gasteiger charge is 2.16. The second kappa shape index (κ2) is 7.16. The molecular weight excluding hydrogens is 243 g/mol. The minimum Gasteiger partial charge on any atom is -0.489 e. The Hall–Kier alpha value is -1.53. The van der Waals surface area contributed by atoms with Gasteiger partial charge in [-0.1, -0.05) is 18.3 Å². The number of hydrogen-bond donors (Lipinski definition) is 1. The van der Waals surface area contributed by atoms with E-state index in [1.165, 1.54) is 31.4 Å². The van der Waals surface area contributed by atoms with Gasteiger partial charge >= 0.3 is 0 Å². The first kappa shape index (κ1) is 13.9. The summed E-state index contributed by atoms with van der Waals surface area (Å²) in [5.41, 5.74) is 0.695. The molecule has 2 rings (SSSR count). The standard InChI is InChI=1S/C16H19FO2/c17-14-10-9-13(6-4-5-11-18)16(12-14)19-15-7-2-1-3-8-15/h9-10,12,15,18H,1-3,5,7-8,11H2. The topological polar surface area (TPSA) is 29.5 Å². The van der Waals surface area contributed by atoms with Crippen molar-refractivity contribution in [2.45, 2.75) is 44.6 Å². The highest BCUT2D eigenvalue weighted by molar-refractivity contribution is 5.46. The van der Waals surface area contributed by atoms with Gasteiger partial charge in [0.1, 0.15) is 11.6 Å². The average Bonchev–Trinajstić information content (AvgIpc) is 2.43. The van der Waals surface area contributed by atoms with Crippen molar-refractivity contribution in [3.05, 3.63) is 29.6 Å². The third kappa shape index (κ3) is 4.25. The van der Waals surface area contributed by atoms with E-state index in [4.69, 9.17) is 9.84 Å². The molecule has 1 aromatic carbocycles. The number of hydrogen-bond acceptors (Lipinski definition) is 2. The van der Waals surface area contributed by atoms with Gasteiger partial charge in [-0.15, -0.1) is 0 Å². The zero-order valence-electron chi connectivity index (χ0n) is 11.0. The van der Waals surface area contributed by atoms with E-state index in [-0.39, 0.29) is 18.5 Å². The van der Waals surface area contributed by atoms with Gasteiger partial charge in [0, 0.05) is 12.5 Å². The van der Waals surface area contributed by atoms with Crippen LogP contribution in [0.2, 0.25) is 0 Å². The van der Waals surface area contributed by atoms with E-state index in [0.29, 0.717) is 17.7 Å². The molecule has 102 valence electrons. The Balaban J connectivity index is 2.12. The van der Waals surface area contributed by atoms with Gasteiger partial charge in [-0.25, -0.2) is 4.39 Å².